The molecule has 6 nitrogen and oxygen atoms in total. The number of benzene rings is 1. The van der Waals surface area contributed by atoms with Crippen molar-refractivity contribution in [3.63, 3.8) is 0 Å². The second kappa shape index (κ2) is 4.23. The third kappa shape index (κ3) is 1.76. The number of hydrogen-bond donors (Lipinski definition) is 1. The van der Waals surface area contributed by atoms with Crippen LogP contribution in [0.25, 0.3) is 22.4 Å². The van der Waals surface area contributed by atoms with Crippen molar-refractivity contribution >= 4 is 10.9 Å². The van der Waals surface area contributed by atoms with Crippen LogP contribution < -0.4 is 0 Å². The van der Waals surface area contributed by atoms with Crippen molar-refractivity contribution in [3.8, 4) is 11.5 Å². The highest BCUT2D eigenvalue weighted by Crippen LogP contribution is 2.27. The molecule has 0 amide bonds. The Morgan fingerprint density at radius 3 is 3.11 bits per heavy atom. The SMILES string of the molecule is COCc1noc(-c2cc(C)cc3cn[nH]c23)n1. The van der Waals surface area contributed by atoms with Gasteiger partial charge in [0.15, 0.2) is 5.82 Å². The van der Waals surface area contributed by atoms with E-state index < -0.39 is 0 Å². The molecule has 0 spiro atoms. The molecule has 0 aliphatic rings. The third-order valence-electron chi connectivity index (χ3n) is 2.67. The third-order valence-corrected chi connectivity index (χ3v) is 2.67. The Kier molecular flexibility index (Phi) is 2.56. The second-order valence-corrected chi connectivity index (χ2v) is 4.10. The van der Waals surface area contributed by atoms with Gasteiger partial charge in [0.05, 0.1) is 17.3 Å². The molecule has 3 rings (SSSR count). The van der Waals surface area contributed by atoms with Gasteiger partial charge in [0, 0.05) is 12.5 Å². The molecular formula is C12H12N4O2. The summed E-state index contributed by atoms with van der Waals surface area (Å²) >= 11 is 0. The van der Waals surface area contributed by atoms with E-state index in [1.807, 2.05) is 13.0 Å². The second-order valence-electron chi connectivity index (χ2n) is 4.10. The monoisotopic (exact) mass is 244 g/mol. The van der Waals surface area contributed by atoms with Gasteiger partial charge in [-0.2, -0.15) is 10.1 Å². The van der Waals surface area contributed by atoms with Crippen molar-refractivity contribution in [3.05, 3.63) is 29.7 Å². The molecule has 1 aromatic carbocycles. The molecule has 18 heavy (non-hydrogen) atoms. The topological polar surface area (TPSA) is 76.8 Å². The van der Waals surface area contributed by atoms with Gasteiger partial charge < -0.3 is 9.26 Å². The van der Waals surface area contributed by atoms with Gasteiger partial charge >= 0.3 is 0 Å². The maximum absolute atomic E-state index is 5.25. The van der Waals surface area contributed by atoms with Crippen molar-refractivity contribution < 1.29 is 9.26 Å². The van der Waals surface area contributed by atoms with Gasteiger partial charge in [0.25, 0.3) is 5.89 Å². The fourth-order valence-electron chi connectivity index (χ4n) is 1.93. The molecule has 0 aliphatic carbocycles. The Labute approximate surface area is 103 Å². The van der Waals surface area contributed by atoms with Crippen molar-refractivity contribution in [2.75, 3.05) is 7.11 Å². The van der Waals surface area contributed by atoms with Crippen molar-refractivity contribution in [2.45, 2.75) is 13.5 Å². The Morgan fingerprint density at radius 2 is 2.28 bits per heavy atom. The summed E-state index contributed by atoms with van der Waals surface area (Å²) < 4.78 is 10.2. The fraction of sp³-hybridized carbons (Fsp3) is 0.250. The van der Waals surface area contributed by atoms with E-state index >= 15 is 0 Å². The van der Waals surface area contributed by atoms with Gasteiger partial charge in [-0.15, -0.1) is 0 Å². The lowest BCUT2D eigenvalue weighted by Gasteiger charge is -1.99. The highest BCUT2D eigenvalue weighted by Gasteiger charge is 2.13. The van der Waals surface area contributed by atoms with Crippen LogP contribution in [0.15, 0.2) is 22.9 Å². The molecule has 3 aromatic rings. The summed E-state index contributed by atoms with van der Waals surface area (Å²) in [5, 5.41) is 11.9. The van der Waals surface area contributed by atoms with Crippen molar-refractivity contribution in [1.29, 1.82) is 0 Å². The zero-order chi connectivity index (χ0) is 12.5. The first-order valence-corrected chi connectivity index (χ1v) is 5.53. The summed E-state index contributed by atoms with van der Waals surface area (Å²) in [4.78, 5) is 4.29. The number of aromatic amines is 1. The van der Waals surface area contributed by atoms with Crippen LogP contribution in [0.1, 0.15) is 11.4 Å². The number of aryl methyl sites for hydroxylation is 1. The van der Waals surface area contributed by atoms with E-state index in [2.05, 4.69) is 26.4 Å². The minimum atomic E-state index is 0.335. The average molecular weight is 244 g/mol. The molecule has 0 radical (unpaired) electrons. The van der Waals surface area contributed by atoms with Crippen LogP contribution in [0.5, 0.6) is 0 Å². The van der Waals surface area contributed by atoms with Gasteiger partial charge in [-0.05, 0) is 24.6 Å². The van der Waals surface area contributed by atoms with Crippen LogP contribution in [0.4, 0.5) is 0 Å². The Morgan fingerprint density at radius 1 is 1.39 bits per heavy atom. The van der Waals surface area contributed by atoms with Gasteiger partial charge in [0.2, 0.25) is 0 Å². The lowest BCUT2D eigenvalue weighted by atomic mass is 10.1. The molecule has 1 N–H and O–H groups in total. The van der Waals surface area contributed by atoms with E-state index in [0.717, 1.165) is 22.0 Å². The van der Waals surface area contributed by atoms with Crippen LogP contribution in [0, 0.1) is 6.92 Å². The first-order chi connectivity index (χ1) is 8.78. The van der Waals surface area contributed by atoms with E-state index in [1.54, 1.807) is 13.3 Å². The van der Waals surface area contributed by atoms with Crippen LogP contribution in [-0.2, 0) is 11.3 Å². The normalized spacial score (nSPS) is 11.2. The van der Waals surface area contributed by atoms with Crippen LogP contribution in [0.2, 0.25) is 0 Å². The molecule has 2 heterocycles. The van der Waals surface area contributed by atoms with Gasteiger partial charge in [-0.1, -0.05) is 5.16 Å². The Bertz CT molecular complexity index is 686. The van der Waals surface area contributed by atoms with Crippen molar-refractivity contribution in [1.82, 2.24) is 20.3 Å². The summed E-state index contributed by atoms with van der Waals surface area (Å²) in [7, 11) is 1.59. The molecule has 0 saturated carbocycles. The minimum Gasteiger partial charge on any atom is -0.377 e. The predicted molar refractivity (Wildman–Crippen MR) is 64.8 cm³/mol. The number of hydrogen-bond acceptors (Lipinski definition) is 5. The van der Waals surface area contributed by atoms with Crippen LogP contribution >= 0.6 is 0 Å². The molecule has 0 atom stereocenters. The van der Waals surface area contributed by atoms with Gasteiger partial charge in [-0.3, -0.25) is 5.10 Å². The number of H-pyrrole nitrogens is 1. The molecule has 92 valence electrons. The standard InChI is InChI=1S/C12H12N4O2/c1-7-3-8-5-13-15-11(8)9(4-7)12-14-10(6-17-2)16-18-12/h3-5H,6H2,1-2H3,(H,13,15). The molecule has 6 heteroatoms. The highest BCUT2D eigenvalue weighted by atomic mass is 16.5. The lowest BCUT2D eigenvalue weighted by Crippen LogP contribution is -1.90. The molecule has 0 unspecified atom stereocenters. The van der Waals surface area contributed by atoms with E-state index in [1.165, 1.54) is 0 Å². The van der Waals surface area contributed by atoms with Crippen LogP contribution in [-0.4, -0.2) is 27.4 Å². The summed E-state index contributed by atoms with van der Waals surface area (Å²) in [6, 6.07) is 4.04. The van der Waals surface area contributed by atoms with Gasteiger partial charge in [0.1, 0.15) is 6.61 Å². The summed E-state index contributed by atoms with van der Waals surface area (Å²) in [5.41, 5.74) is 2.87. The van der Waals surface area contributed by atoms with Gasteiger partial charge in [-0.25, -0.2) is 0 Å². The quantitative estimate of drug-likeness (QED) is 0.763. The zero-order valence-corrected chi connectivity index (χ0v) is 10.1. The smallest absolute Gasteiger partial charge is 0.260 e. The highest BCUT2D eigenvalue weighted by molar-refractivity contribution is 5.91. The molecule has 0 saturated heterocycles. The summed E-state index contributed by atoms with van der Waals surface area (Å²) in [6.07, 6.45) is 1.78. The van der Waals surface area contributed by atoms with E-state index in [4.69, 9.17) is 9.26 Å². The number of nitrogens with zero attached hydrogens (tertiary/aromatic N) is 3. The minimum absolute atomic E-state index is 0.335. The fourth-order valence-corrected chi connectivity index (χ4v) is 1.93. The predicted octanol–water partition coefficient (Wildman–Crippen LogP) is 2.07. The number of methoxy groups -OCH3 is 1. The van der Waals surface area contributed by atoms with E-state index in [9.17, 15) is 0 Å². The Balaban J connectivity index is 2.14. The lowest BCUT2D eigenvalue weighted by molar-refractivity contribution is 0.174. The number of aromatic nitrogens is 4. The van der Waals surface area contributed by atoms with Crippen molar-refractivity contribution in [2.24, 2.45) is 0 Å². The Hall–Kier alpha value is -2.21. The summed E-state index contributed by atoms with van der Waals surface area (Å²) in [6.45, 7) is 2.35. The molecule has 0 fully saturated rings. The molecule has 0 bridgehead atoms. The number of ether oxygens (including phenoxy) is 1. The maximum atomic E-state index is 5.25. The molecule has 2 aromatic heterocycles. The molecule has 0 aliphatic heterocycles. The average Bonchev–Trinajstić information content (AvgIpc) is 2.96. The summed E-state index contributed by atoms with van der Waals surface area (Å²) in [5.74, 6) is 1.00. The van der Waals surface area contributed by atoms with E-state index in [-0.39, 0.29) is 0 Å². The number of nitrogens with one attached hydrogen (secondary N) is 1. The zero-order valence-electron chi connectivity index (χ0n) is 10.1. The molecular weight excluding hydrogens is 232 g/mol. The maximum Gasteiger partial charge on any atom is 0.260 e. The first kappa shape index (κ1) is 10.9. The number of rotatable bonds is 3. The van der Waals surface area contributed by atoms with E-state index in [0.29, 0.717) is 18.3 Å². The van der Waals surface area contributed by atoms with Crippen LogP contribution in [0.3, 0.4) is 0 Å². The number of fused-ring (bicyclic) bond motifs is 1. The largest absolute Gasteiger partial charge is 0.377 e. The first-order valence-electron chi connectivity index (χ1n) is 5.53.